The number of benzene rings is 1. The van der Waals surface area contributed by atoms with Gasteiger partial charge < -0.3 is 4.74 Å². The first-order valence-electron chi connectivity index (χ1n) is 5.87. The SMILES string of the molecule is CC(C)(C)C#C/C=C/COCc1ccccc1. The van der Waals surface area contributed by atoms with Gasteiger partial charge in [0, 0.05) is 5.41 Å². The van der Waals surface area contributed by atoms with Crippen molar-refractivity contribution < 1.29 is 4.74 Å². The van der Waals surface area contributed by atoms with Gasteiger partial charge in [0.2, 0.25) is 0 Å². The van der Waals surface area contributed by atoms with E-state index in [1.54, 1.807) is 0 Å². The Morgan fingerprint density at radius 2 is 1.88 bits per heavy atom. The second-order valence-electron chi connectivity index (χ2n) is 4.92. The lowest BCUT2D eigenvalue weighted by Gasteiger charge is -2.05. The van der Waals surface area contributed by atoms with Crippen molar-refractivity contribution in [3.8, 4) is 11.8 Å². The molecule has 17 heavy (non-hydrogen) atoms. The summed E-state index contributed by atoms with van der Waals surface area (Å²) < 4.78 is 5.50. The Labute approximate surface area is 105 Å². The van der Waals surface area contributed by atoms with Crippen LogP contribution in [0.4, 0.5) is 0 Å². The van der Waals surface area contributed by atoms with Crippen LogP contribution in [-0.2, 0) is 11.3 Å². The highest BCUT2D eigenvalue weighted by Crippen LogP contribution is 2.09. The van der Waals surface area contributed by atoms with Gasteiger partial charge in [-0.1, -0.05) is 48.2 Å². The molecule has 0 heterocycles. The Bertz CT molecular complexity index is 399. The van der Waals surface area contributed by atoms with Crippen molar-refractivity contribution >= 4 is 0 Å². The molecule has 0 amide bonds. The van der Waals surface area contributed by atoms with Crippen LogP contribution in [-0.4, -0.2) is 6.61 Å². The van der Waals surface area contributed by atoms with E-state index in [1.807, 2.05) is 30.4 Å². The summed E-state index contributed by atoms with van der Waals surface area (Å²) in [5.41, 5.74) is 1.26. The molecule has 0 atom stereocenters. The predicted octanol–water partition coefficient (Wildman–Crippen LogP) is 3.81. The van der Waals surface area contributed by atoms with E-state index in [2.05, 4.69) is 44.7 Å². The molecule has 0 saturated heterocycles. The van der Waals surface area contributed by atoms with Crippen LogP contribution in [0.1, 0.15) is 26.3 Å². The molecule has 0 saturated carbocycles. The van der Waals surface area contributed by atoms with Gasteiger partial charge in [0.1, 0.15) is 0 Å². The zero-order valence-electron chi connectivity index (χ0n) is 10.9. The van der Waals surface area contributed by atoms with Crippen molar-refractivity contribution in [3.63, 3.8) is 0 Å². The van der Waals surface area contributed by atoms with Crippen LogP contribution in [0.2, 0.25) is 0 Å². The second kappa shape index (κ2) is 6.93. The van der Waals surface area contributed by atoms with Gasteiger partial charge in [-0.3, -0.25) is 0 Å². The first-order chi connectivity index (χ1) is 8.08. The third kappa shape index (κ3) is 7.38. The molecule has 1 aromatic rings. The summed E-state index contributed by atoms with van der Waals surface area (Å²) in [6.45, 7) is 7.55. The second-order valence-corrected chi connectivity index (χ2v) is 4.92. The van der Waals surface area contributed by atoms with Gasteiger partial charge in [0.25, 0.3) is 0 Å². The first kappa shape index (κ1) is 13.5. The van der Waals surface area contributed by atoms with E-state index in [1.165, 1.54) is 5.56 Å². The van der Waals surface area contributed by atoms with Crippen LogP contribution in [0.15, 0.2) is 42.5 Å². The molecule has 0 bridgehead atoms. The van der Waals surface area contributed by atoms with Crippen molar-refractivity contribution in [2.45, 2.75) is 27.4 Å². The minimum Gasteiger partial charge on any atom is -0.373 e. The molecule has 0 aliphatic rings. The fourth-order valence-electron chi connectivity index (χ4n) is 1.18. The molecule has 0 aromatic heterocycles. The Hall–Kier alpha value is -1.52. The summed E-state index contributed by atoms with van der Waals surface area (Å²) >= 11 is 0. The fraction of sp³-hybridized carbons (Fsp3) is 0.375. The summed E-state index contributed by atoms with van der Waals surface area (Å²) in [6.07, 6.45) is 3.80. The molecule has 0 unspecified atom stereocenters. The maximum absolute atomic E-state index is 5.50. The minimum atomic E-state index is 0.0647. The largest absolute Gasteiger partial charge is 0.373 e. The maximum Gasteiger partial charge on any atom is 0.0721 e. The van der Waals surface area contributed by atoms with Gasteiger partial charge in [-0.15, -0.1) is 0 Å². The molecule has 90 valence electrons. The lowest BCUT2D eigenvalue weighted by atomic mass is 9.98. The number of rotatable bonds is 4. The number of ether oxygens (including phenoxy) is 1. The zero-order valence-corrected chi connectivity index (χ0v) is 10.9. The average molecular weight is 228 g/mol. The highest BCUT2D eigenvalue weighted by molar-refractivity contribution is 5.19. The third-order valence-corrected chi connectivity index (χ3v) is 1.97. The van der Waals surface area contributed by atoms with E-state index in [9.17, 15) is 0 Å². The molecular formula is C16H20O. The molecule has 0 radical (unpaired) electrons. The molecule has 1 aromatic carbocycles. The Balaban J connectivity index is 2.20. The van der Waals surface area contributed by atoms with Crippen LogP contribution < -0.4 is 0 Å². The number of hydrogen-bond donors (Lipinski definition) is 0. The van der Waals surface area contributed by atoms with Crippen molar-refractivity contribution in [1.29, 1.82) is 0 Å². The molecular weight excluding hydrogens is 208 g/mol. The van der Waals surface area contributed by atoms with Gasteiger partial charge in [-0.25, -0.2) is 0 Å². The van der Waals surface area contributed by atoms with Gasteiger partial charge >= 0.3 is 0 Å². The predicted molar refractivity (Wildman–Crippen MR) is 72.5 cm³/mol. The summed E-state index contributed by atoms with van der Waals surface area (Å²) in [5.74, 6) is 6.15. The quantitative estimate of drug-likeness (QED) is 0.562. The Kier molecular flexibility index (Phi) is 5.52. The van der Waals surface area contributed by atoms with Crippen molar-refractivity contribution in [2.75, 3.05) is 6.61 Å². The minimum absolute atomic E-state index is 0.0647. The van der Waals surface area contributed by atoms with Gasteiger partial charge in [0.15, 0.2) is 0 Å². The smallest absolute Gasteiger partial charge is 0.0721 e. The topological polar surface area (TPSA) is 9.23 Å². The highest BCUT2D eigenvalue weighted by Gasteiger charge is 2.02. The summed E-state index contributed by atoms with van der Waals surface area (Å²) in [7, 11) is 0. The number of allylic oxidation sites excluding steroid dienone is 1. The molecule has 1 heteroatoms. The monoisotopic (exact) mass is 228 g/mol. The first-order valence-corrected chi connectivity index (χ1v) is 5.87. The van der Waals surface area contributed by atoms with Gasteiger partial charge in [0.05, 0.1) is 13.2 Å². The summed E-state index contributed by atoms with van der Waals surface area (Å²) in [4.78, 5) is 0. The molecule has 1 rings (SSSR count). The van der Waals surface area contributed by atoms with E-state index < -0.39 is 0 Å². The van der Waals surface area contributed by atoms with Crippen LogP contribution in [0, 0.1) is 17.3 Å². The lowest BCUT2D eigenvalue weighted by Crippen LogP contribution is -1.98. The van der Waals surface area contributed by atoms with Gasteiger partial charge in [-0.05, 0) is 32.4 Å². The zero-order chi connectivity index (χ0) is 12.6. The van der Waals surface area contributed by atoms with Crippen LogP contribution in [0.25, 0.3) is 0 Å². The van der Waals surface area contributed by atoms with Gasteiger partial charge in [-0.2, -0.15) is 0 Å². The molecule has 0 aliphatic carbocycles. The highest BCUT2D eigenvalue weighted by atomic mass is 16.5. The molecule has 0 aliphatic heterocycles. The van der Waals surface area contributed by atoms with E-state index >= 15 is 0 Å². The van der Waals surface area contributed by atoms with Crippen LogP contribution >= 0.6 is 0 Å². The lowest BCUT2D eigenvalue weighted by molar-refractivity contribution is 0.149. The number of hydrogen-bond acceptors (Lipinski definition) is 1. The average Bonchev–Trinajstić information content (AvgIpc) is 2.28. The summed E-state index contributed by atoms with van der Waals surface area (Å²) in [5, 5.41) is 0. The van der Waals surface area contributed by atoms with E-state index in [0.717, 1.165) is 0 Å². The molecule has 0 spiro atoms. The van der Waals surface area contributed by atoms with Crippen molar-refractivity contribution in [1.82, 2.24) is 0 Å². The normalized spacial score (nSPS) is 11.2. The third-order valence-electron chi connectivity index (χ3n) is 1.97. The fourth-order valence-corrected chi connectivity index (χ4v) is 1.18. The van der Waals surface area contributed by atoms with Crippen molar-refractivity contribution in [2.24, 2.45) is 5.41 Å². The van der Waals surface area contributed by atoms with Crippen molar-refractivity contribution in [3.05, 3.63) is 48.0 Å². The van der Waals surface area contributed by atoms with E-state index in [-0.39, 0.29) is 5.41 Å². The molecule has 0 N–H and O–H groups in total. The van der Waals surface area contributed by atoms with Crippen LogP contribution in [0.5, 0.6) is 0 Å². The summed E-state index contributed by atoms with van der Waals surface area (Å²) in [6, 6.07) is 10.2. The van der Waals surface area contributed by atoms with E-state index in [4.69, 9.17) is 4.74 Å². The standard InChI is InChI=1S/C16H20O/c1-16(2,3)12-8-5-9-13-17-14-15-10-6-4-7-11-15/h4-7,9-11H,13-14H2,1-3H3/b9-5+. The maximum atomic E-state index is 5.50. The van der Waals surface area contributed by atoms with Crippen LogP contribution in [0.3, 0.4) is 0 Å². The molecule has 0 fully saturated rings. The Morgan fingerprint density at radius 1 is 1.18 bits per heavy atom. The molecule has 1 nitrogen and oxygen atoms in total. The Morgan fingerprint density at radius 3 is 2.53 bits per heavy atom. The van der Waals surface area contributed by atoms with E-state index in [0.29, 0.717) is 13.2 Å².